The fourth-order valence-corrected chi connectivity index (χ4v) is 1.85. The van der Waals surface area contributed by atoms with Crippen molar-refractivity contribution in [1.82, 2.24) is 0 Å². The summed E-state index contributed by atoms with van der Waals surface area (Å²) >= 11 is 0. The van der Waals surface area contributed by atoms with E-state index in [1.807, 2.05) is 6.92 Å². The molecular weight excluding hydrogens is 196 g/mol. The molecule has 0 aliphatic heterocycles. The van der Waals surface area contributed by atoms with Gasteiger partial charge in [-0.3, -0.25) is 0 Å². The van der Waals surface area contributed by atoms with E-state index in [1.54, 1.807) is 6.92 Å². The van der Waals surface area contributed by atoms with Crippen molar-refractivity contribution in [3.8, 4) is 0 Å². The van der Waals surface area contributed by atoms with E-state index in [0.717, 1.165) is 13.0 Å². The average molecular weight is 216 g/mol. The molecule has 0 amide bonds. The molecule has 0 saturated heterocycles. The molecule has 3 nitrogen and oxygen atoms in total. The fourth-order valence-electron chi connectivity index (χ4n) is 0.878. The van der Waals surface area contributed by atoms with E-state index < -0.39 is 9.76 Å². The van der Waals surface area contributed by atoms with Crippen LogP contribution in [0.25, 0.3) is 0 Å². The first-order valence-corrected chi connectivity index (χ1v) is 6.37. The van der Waals surface area contributed by atoms with Gasteiger partial charge in [0, 0.05) is 12.2 Å². The Bertz CT molecular complexity index is 192. The summed E-state index contributed by atoms with van der Waals surface area (Å²) in [5, 5.41) is 0. The summed E-state index contributed by atoms with van der Waals surface area (Å²) < 4.78 is 10.4. The lowest BCUT2D eigenvalue weighted by Gasteiger charge is -2.10. The smallest absolute Gasteiger partial charge is 0.333 e. The molecular formula is C10H20O3Si. The first-order valence-electron chi connectivity index (χ1n) is 4.98. The summed E-state index contributed by atoms with van der Waals surface area (Å²) in [4.78, 5) is 11.0. The molecule has 0 aromatic rings. The molecule has 0 bridgehead atoms. The van der Waals surface area contributed by atoms with E-state index in [4.69, 9.17) is 9.16 Å². The van der Waals surface area contributed by atoms with Gasteiger partial charge in [0.05, 0.1) is 6.61 Å². The van der Waals surface area contributed by atoms with E-state index >= 15 is 0 Å². The lowest BCUT2D eigenvalue weighted by molar-refractivity contribution is -0.139. The molecule has 1 unspecified atom stereocenters. The number of carbonyl (C=O) groups is 1. The second-order valence-electron chi connectivity index (χ2n) is 3.47. The third kappa shape index (κ3) is 6.86. The van der Waals surface area contributed by atoms with Crippen molar-refractivity contribution in [3.05, 3.63) is 12.2 Å². The van der Waals surface area contributed by atoms with Crippen molar-refractivity contribution >= 4 is 15.7 Å². The van der Waals surface area contributed by atoms with Crippen molar-refractivity contribution in [2.45, 2.75) is 32.7 Å². The van der Waals surface area contributed by atoms with Crippen LogP contribution < -0.4 is 0 Å². The van der Waals surface area contributed by atoms with E-state index in [1.165, 1.54) is 0 Å². The third-order valence-corrected chi connectivity index (χ3v) is 3.42. The predicted molar refractivity (Wildman–Crippen MR) is 60.0 cm³/mol. The summed E-state index contributed by atoms with van der Waals surface area (Å²) in [6.45, 7) is 10.6. The Balaban J connectivity index is 3.44. The van der Waals surface area contributed by atoms with Gasteiger partial charge < -0.3 is 9.16 Å². The maximum absolute atomic E-state index is 11.0. The van der Waals surface area contributed by atoms with Crippen LogP contribution in [0.4, 0.5) is 0 Å². The Kier molecular flexibility index (Phi) is 7.42. The van der Waals surface area contributed by atoms with Gasteiger partial charge in [-0.1, -0.05) is 13.5 Å². The maximum atomic E-state index is 11.0. The number of ether oxygens (including phenoxy) is 1. The Morgan fingerprint density at radius 2 is 2.21 bits per heavy atom. The lowest BCUT2D eigenvalue weighted by Crippen LogP contribution is -2.11. The first-order chi connectivity index (χ1) is 6.57. The zero-order chi connectivity index (χ0) is 11.0. The summed E-state index contributed by atoms with van der Waals surface area (Å²) in [5.41, 5.74) is 1.02. The van der Waals surface area contributed by atoms with Crippen LogP contribution in [0.2, 0.25) is 5.54 Å². The molecule has 0 aromatic heterocycles. The Morgan fingerprint density at radius 3 is 2.71 bits per heavy atom. The fraction of sp³-hybridized carbons (Fsp3) is 0.700. The van der Waals surface area contributed by atoms with Crippen LogP contribution in [0.15, 0.2) is 12.2 Å². The normalized spacial score (nSPS) is 13.1. The first kappa shape index (κ1) is 13.4. The van der Waals surface area contributed by atoms with Gasteiger partial charge in [-0.15, -0.1) is 0 Å². The van der Waals surface area contributed by atoms with Gasteiger partial charge in [0.25, 0.3) is 0 Å². The quantitative estimate of drug-likeness (QED) is 0.367. The van der Waals surface area contributed by atoms with Crippen molar-refractivity contribution in [2.75, 3.05) is 13.2 Å². The minimum Gasteiger partial charge on any atom is -0.462 e. The van der Waals surface area contributed by atoms with Gasteiger partial charge in [0.2, 0.25) is 0 Å². The average Bonchev–Trinajstić information content (AvgIpc) is 2.14. The van der Waals surface area contributed by atoms with Gasteiger partial charge in [0.15, 0.2) is 9.76 Å². The SMILES string of the molecule is C=C(C)C(=O)OCCC(C)[SiH2]OCC. The molecule has 0 aliphatic carbocycles. The minimum atomic E-state index is -0.442. The molecule has 82 valence electrons. The van der Waals surface area contributed by atoms with Crippen molar-refractivity contribution in [1.29, 1.82) is 0 Å². The van der Waals surface area contributed by atoms with Crippen LogP contribution in [-0.4, -0.2) is 28.9 Å². The van der Waals surface area contributed by atoms with Gasteiger partial charge in [-0.25, -0.2) is 4.79 Å². The summed E-state index contributed by atoms with van der Waals surface area (Å²) in [5.74, 6) is -0.296. The van der Waals surface area contributed by atoms with Gasteiger partial charge in [-0.05, 0) is 25.8 Å². The monoisotopic (exact) mass is 216 g/mol. The Hall–Kier alpha value is -0.613. The van der Waals surface area contributed by atoms with Gasteiger partial charge in [-0.2, -0.15) is 0 Å². The molecule has 0 spiro atoms. The molecule has 0 radical (unpaired) electrons. The molecule has 0 fully saturated rings. The molecule has 0 rings (SSSR count). The van der Waals surface area contributed by atoms with Crippen LogP contribution in [0.5, 0.6) is 0 Å². The highest BCUT2D eigenvalue weighted by molar-refractivity contribution is 6.29. The van der Waals surface area contributed by atoms with E-state index in [9.17, 15) is 4.79 Å². The third-order valence-electron chi connectivity index (χ3n) is 1.80. The van der Waals surface area contributed by atoms with Gasteiger partial charge in [0.1, 0.15) is 0 Å². The second kappa shape index (κ2) is 7.76. The maximum Gasteiger partial charge on any atom is 0.333 e. The number of esters is 1. The zero-order valence-corrected chi connectivity index (χ0v) is 10.8. The van der Waals surface area contributed by atoms with E-state index in [0.29, 0.717) is 17.7 Å². The second-order valence-corrected chi connectivity index (χ2v) is 5.60. The minimum absolute atomic E-state index is 0.296. The van der Waals surface area contributed by atoms with Crippen molar-refractivity contribution < 1.29 is 14.0 Å². The van der Waals surface area contributed by atoms with E-state index in [2.05, 4.69) is 13.5 Å². The molecule has 4 heteroatoms. The highest BCUT2D eigenvalue weighted by Crippen LogP contribution is 2.08. The number of hydrogen-bond donors (Lipinski definition) is 0. The zero-order valence-electron chi connectivity index (χ0n) is 9.34. The Morgan fingerprint density at radius 1 is 1.57 bits per heavy atom. The Labute approximate surface area is 88.4 Å². The van der Waals surface area contributed by atoms with Crippen LogP contribution in [0.3, 0.4) is 0 Å². The summed E-state index contributed by atoms with van der Waals surface area (Å²) in [7, 11) is -0.442. The summed E-state index contributed by atoms with van der Waals surface area (Å²) in [6, 6.07) is 0. The topological polar surface area (TPSA) is 35.5 Å². The molecule has 0 N–H and O–H groups in total. The number of rotatable bonds is 7. The molecule has 0 aromatic carbocycles. The van der Waals surface area contributed by atoms with Crippen LogP contribution in [0.1, 0.15) is 27.2 Å². The number of hydrogen-bond acceptors (Lipinski definition) is 3. The summed E-state index contributed by atoms with van der Waals surface area (Å²) in [6.07, 6.45) is 0.894. The number of carbonyl (C=O) groups excluding carboxylic acids is 1. The molecule has 0 aliphatic rings. The predicted octanol–water partition coefficient (Wildman–Crippen LogP) is 1.42. The van der Waals surface area contributed by atoms with Crippen molar-refractivity contribution in [3.63, 3.8) is 0 Å². The molecule has 1 atom stereocenters. The molecule has 14 heavy (non-hydrogen) atoms. The van der Waals surface area contributed by atoms with Crippen molar-refractivity contribution in [2.24, 2.45) is 0 Å². The molecule has 0 heterocycles. The highest BCUT2D eigenvalue weighted by atomic mass is 28.2. The van der Waals surface area contributed by atoms with Crippen LogP contribution in [0, 0.1) is 0 Å². The van der Waals surface area contributed by atoms with E-state index in [-0.39, 0.29) is 5.97 Å². The van der Waals surface area contributed by atoms with Crippen LogP contribution in [-0.2, 0) is 14.0 Å². The molecule has 0 saturated carbocycles. The standard InChI is InChI=1S/C10H20O3Si/c1-5-13-14-9(4)6-7-12-10(11)8(2)3/h9H,2,5-7,14H2,1,3-4H3. The lowest BCUT2D eigenvalue weighted by atomic mass is 10.3. The highest BCUT2D eigenvalue weighted by Gasteiger charge is 2.06. The van der Waals surface area contributed by atoms with Gasteiger partial charge >= 0.3 is 5.97 Å². The largest absolute Gasteiger partial charge is 0.462 e. The van der Waals surface area contributed by atoms with Crippen LogP contribution >= 0.6 is 0 Å².